The number of benzene rings is 1. The van der Waals surface area contributed by atoms with E-state index in [1.54, 1.807) is 13.2 Å². The van der Waals surface area contributed by atoms with Crippen molar-refractivity contribution >= 4 is 28.9 Å². The Morgan fingerprint density at radius 3 is 2.68 bits per heavy atom. The van der Waals surface area contributed by atoms with Crippen LogP contribution in [-0.2, 0) is 10.9 Å². The van der Waals surface area contributed by atoms with Crippen molar-refractivity contribution < 1.29 is 22.7 Å². The van der Waals surface area contributed by atoms with Crippen LogP contribution in [0.3, 0.4) is 0 Å². The first-order valence-corrected chi connectivity index (χ1v) is 7.55. The van der Waals surface area contributed by atoms with E-state index >= 15 is 0 Å². The summed E-state index contributed by atoms with van der Waals surface area (Å²) < 4.78 is 43.5. The second-order valence-corrected chi connectivity index (χ2v) is 5.44. The van der Waals surface area contributed by atoms with Gasteiger partial charge in [0.15, 0.2) is 0 Å². The van der Waals surface area contributed by atoms with Crippen molar-refractivity contribution in [3.63, 3.8) is 0 Å². The standard InChI is InChI=1S/C16H15ClF3N3O2/c1-25-5-4-22-12-6-10(8-21-9-12)15(24)23-11-2-3-14(17)13(7-11)16(18,19)20/h2-3,6-9,22H,4-5H2,1H3,(H,23,24). The molecule has 2 rings (SSSR count). The number of hydrogen-bond donors (Lipinski definition) is 2. The van der Waals surface area contributed by atoms with E-state index in [0.29, 0.717) is 18.8 Å². The van der Waals surface area contributed by atoms with Gasteiger partial charge in [0.25, 0.3) is 5.91 Å². The molecule has 0 saturated carbocycles. The van der Waals surface area contributed by atoms with Gasteiger partial charge >= 0.3 is 6.18 Å². The molecule has 1 heterocycles. The fourth-order valence-electron chi connectivity index (χ4n) is 1.98. The number of ether oxygens (including phenoxy) is 1. The third-order valence-corrected chi connectivity index (χ3v) is 3.49. The van der Waals surface area contributed by atoms with Gasteiger partial charge in [0.2, 0.25) is 0 Å². The van der Waals surface area contributed by atoms with Gasteiger partial charge in [-0.1, -0.05) is 11.6 Å². The number of alkyl halides is 3. The van der Waals surface area contributed by atoms with Gasteiger partial charge in [0.05, 0.1) is 28.4 Å². The molecule has 0 unspecified atom stereocenters. The highest BCUT2D eigenvalue weighted by Crippen LogP contribution is 2.36. The Morgan fingerprint density at radius 2 is 2.00 bits per heavy atom. The third kappa shape index (κ3) is 5.33. The Bertz CT molecular complexity index is 754. The average molecular weight is 374 g/mol. The van der Waals surface area contributed by atoms with Crippen LogP contribution in [0.5, 0.6) is 0 Å². The molecule has 1 amide bonds. The molecule has 1 aromatic carbocycles. The minimum absolute atomic E-state index is 0.0144. The maximum Gasteiger partial charge on any atom is 0.417 e. The van der Waals surface area contributed by atoms with E-state index in [2.05, 4.69) is 15.6 Å². The summed E-state index contributed by atoms with van der Waals surface area (Å²) in [6.07, 6.45) is -1.77. The molecule has 0 aliphatic carbocycles. The maximum absolute atomic E-state index is 12.9. The summed E-state index contributed by atoms with van der Waals surface area (Å²) in [4.78, 5) is 16.2. The second-order valence-electron chi connectivity index (χ2n) is 5.03. The Labute approximate surface area is 147 Å². The lowest BCUT2D eigenvalue weighted by atomic mass is 10.1. The number of carbonyl (C=O) groups excluding carboxylic acids is 1. The van der Waals surface area contributed by atoms with E-state index in [0.717, 1.165) is 12.1 Å². The molecule has 1 aromatic heterocycles. The highest BCUT2D eigenvalue weighted by atomic mass is 35.5. The van der Waals surface area contributed by atoms with E-state index in [1.165, 1.54) is 18.5 Å². The number of nitrogens with zero attached hydrogens (tertiary/aromatic N) is 1. The number of rotatable bonds is 6. The lowest BCUT2D eigenvalue weighted by Gasteiger charge is -2.12. The van der Waals surface area contributed by atoms with Crippen molar-refractivity contribution in [2.24, 2.45) is 0 Å². The Kier molecular flexibility index (Phi) is 6.22. The summed E-state index contributed by atoms with van der Waals surface area (Å²) in [5.74, 6) is -0.585. The van der Waals surface area contributed by atoms with Crippen LogP contribution in [0, 0.1) is 0 Å². The zero-order valence-corrected chi connectivity index (χ0v) is 13.9. The molecule has 0 aliphatic rings. The number of nitrogens with one attached hydrogen (secondary N) is 2. The summed E-state index contributed by atoms with van der Waals surface area (Å²) in [5.41, 5.74) is -0.234. The molecule has 25 heavy (non-hydrogen) atoms. The zero-order chi connectivity index (χ0) is 18.4. The third-order valence-electron chi connectivity index (χ3n) is 3.17. The van der Waals surface area contributed by atoms with Crippen molar-refractivity contribution in [1.82, 2.24) is 4.98 Å². The highest BCUT2D eigenvalue weighted by molar-refractivity contribution is 6.31. The summed E-state index contributed by atoms with van der Waals surface area (Å²) in [5, 5.41) is 4.98. The average Bonchev–Trinajstić information content (AvgIpc) is 2.56. The Balaban J connectivity index is 2.13. The topological polar surface area (TPSA) is 63.2 Å². The minimum Gasteiger partial charge on any atom is -0.383 e. The summed E-state index contributed by atoms with van der Waals surface area (Å²) in [6.45, 7) is 0.997. The summed E-state index contributed by atoms with van der Waals surface area (Å²) in [6, 6.07) is 4.71. The monoisotopic (exact) mass is 373 g/mol. The maximum atomic E-state index is 12.9. The molecule has 2 aromatic rings. The SMILES string of the molecule is COCCNc1cncc(C(=O)Nc2ccc(Cl)c(C(F)(F)F)c2)c1. The number of aromatic nitrogens is 1. The first-order valence-electron chi connectivity index (χ1n) is 7.17. The summed E-state index contributed by atoms with van der Waals surface area (Å²) >= 11 is 5.55. The van der Waals surface area contributed by atoms with Gasteiger partial charge in [-0.25, -0.2) is 0 Å². The van der Waals surface area contributed by atoms with Crippen LogP contribution in [0.2, 0.25) is 5.02 Å². The number of carbonyl (C=O) groups is 1. The molecule has 134 valence electrons. The van der Waals surface area contributed by atoms with Crippen LogP contribution < -0.4 is 10.6 Å². The summed E-state index contributed by atoms with van der Waals surface area (Å²) in [7, 11) is 1.56. The van der Waals surface area contributed by atoms with Crippen molar-refractivity contribution in [3.05, 3.63) is 52.8 Å². The molecule has 0 atom stereocenters. The van der Waals surface area contributed by atoms with Crippen LogP contribution in [0.4, 0.5) is 24.5 Å². The number of amides is 1. The smallest absolute Gasteiger partial charge is 0.383 e. The van der Waals surface area contributed by atoms with E-state index in [4.69, 9.17) is 16.3 Å². The molecule has 2 N–H and O–H groups in total. The molecule has 0 saturated heterocycles. The molecule has 9 heteroatoms. The number of anilines is 2. The highest BCUT2D eigenvalue weighted by Gasteiger charge is 2.33. The molecule has 0 bridgehead atoms. The number of pyridine rings is 1. The lowest BCUT2D eigenvalue weighted by molar-refractivity contribution is -0.137. The molecular formula is C16H15ClF3N3O2. The number of hydrogen-bond acceptors (Lipinski definition) is 4. The van der Waals surface area contributed by atoms with Crippen LogP contribution in [0.15, 0.2) is 36.7 Å². The minimum atomic E-state index is -4.61. The molecular weight excluding hydrogens is 359 g/mol. The number of methoxy groups -OCH3 is 1. The molecule has 5 nitrogen and oxygen atoms in total. The largest absolute Gasteiger partial charge is 0.417 e. The van der Waals surface area contributed by atoms with E-state index in [1.807, 2.05) is 0 Å². The first kappa shape index (κ1) is 19.0. The Morgan fingerprint density at radius 1 is 1.24 bits per heavy atom. The zero-order valence-electron chi connectivity index (χ0n) is 13.2. The van der Waals surface area contributed by atoms with Gasteiger partial charge in [0, 0.05) is 31.7 Å². The lowest BCUT2D eigenvalue weighted by Crippen LogP contribution is -2.14. The van der Waals surface area contributed by atoms with Gasteiger partial charge < -0.3 is 15.4 Å². The second kappa shape index (κ2) is 8.17. The van der Waals surface area contributed by atoms with Gasteiger partial charge in [-0.3, -0.25) is 9.78 Å². The molecule has 0 aliphatic heterocycles. The predicted octanol–water partition coefficient (Wildman–Crippen LogP) is 4.06. The number of halogens is 4. The first-order chi connectivity index (χ1) is 11.8. The van der Waals surface area contributed by atoms with Gasteiger partial charge in [0.1, 0.15) is 0 Å². The van der Waals surface area contributed by atoms with Crippen LogP contribution in [0.1, 0.15) is 15.9 Å². The quantitative estimate of drug-likeness (QED) is 0.749. The van der Waals surface area contributed by atoms with E-state index in [9.17, 15) is 18.0 Å². The van der Waals surface area contributed by atoms with Gasteiger partial charge in [-0.05, 0) is 24.3 Å². The van der Waals surface area contributed by atoms with Crippen molar-refractivity contribution in [1.29, 1.82) is 0 Å². The Hall–Kier alpha value is -2.32. The van der Waals surface area contributed by atoms with Crippen LogP contribution >= 0.6 is 11.6 Å². The van der Waals surface area contributed by atoms with Crippen molar-refractivity contribution in [3.8, 4) is 0 Å². The van der Waals surface area contributed by atoms with E-state index < -0.39 is 22.7 Å². The van der Waals surface area contributed by atoms with Crippen LogP contribution in [-0.4, -0.2) is 31.2 Å². The van der Waals surface area contributed by atoms with Crippen LogP contribution in [0.25, 0.3) is 0 Å². The molecule has 0 fully saturated rings. The van der Waals surface area contributed by atoms with E-state index in [-0.39, 0.29) is 11.3 Å². The van der Waals surface area contributed by atoms with Gasteiger partial charge in [-0.2, -0.15) is 13.2 Å². The molecule has 0 radical (unpaired) electrons. The fourth-order valence-corrected chi connectivity index (χ4v) is 2.21. The predicted molar refractivity (Wildman–Crippen MR) is 89.0 cm³/mol. The van der Waals surface area contributed by atoms with Crippen molar-refractivity contribution in [2.75, 3.05) is 30.9 Å². The molecule has 0 spiro atoms. The van der Waals surface area contributed by atoms with Crippen molar-refractivity contribution in [2.45, 2.75) is 6.18 Å². The van der Waals surface area contributed by atoms with Gasteiger partial charge in [-0.15, -0.1) is 0 Å². The normalized spacial score (nSPS) is 11.2. The fraction of sp³-hybridized carbons (Fsp3) is 0.250.